The molecule has 0 aromatic carbocycles. The first kappa shape index (κ1) is 13.7. The quantitative estimate of drug-likeness (QED) is 0.258. The molecule has 1 heterocycles. The molecule has 0 fully saturated rings. The highest BCUT2D eigenvalue weighted by Gasteiger charge is 2.19. The highest BCUT2D eigenvalue weighted by atomic mass is 19.1. The number of halogens is 1. The van der Waals surface area contributed by atoms with Gasteiger partial charge < -0.3 is 5.73 Å². The molecule has 6 N–H and O–H groups in total. The fourth-order valence-corrected chi connectivity index (χ4v) is 1.12. The molecule has 0 radical (unpaired) electrons. The van der Waals surface area contributed by atoms with E-state index in [1.165, 1.54) is 0 Å². The van der Waals surface area contributed by atoms with Crippen LogP contribution in [0.4, 0.5) is 4.39 Å². The summed E-state index contributed by atoms with van der Waals surface area (Å²) in [6.07, 6.45) is -0.148. The van der Waals surface area contributed by atoms with Gasteiger partial charge >= 0.3 is 5.69 Å². The Morgan fingerprint density at radius 1 is 1.50 bits per heavy atom. The molecule has 0 saturated carbocycles. The number of hydrogen-bond donors (Lipinski definition) is 4. The van der Waals surface area contributed by atoms with E-state index in [9.17, 15) is 23.6 Å². The van der Waals surface area contributed by atoms with E-state index < -0.39 is 41.3 Å². The lowest BCUT2D eigenvalue weighted by molar-refractivity contribution is -0.122. The van der Waals surface area contributed by atoms with E-state index in [0.29, 0.717) is 10.8 Å². The van der Waals surface area contributed by atoms with Crippen molar-refractivity contribution >= 4 is 11.8 Å². The fourth-order valence-electron chi connectivity index (χ4n) is 1.12. The second-order valence-corrected chi connectivity index (χ2v) is 3.32. The molecule has 0 aliphatic heterocycles. The van der Waals surface area contributed by atoms with Gasteiger partial charge in [0.2, 0.25) is 11.7 Å². The molecule has 0 saturated heterocycles. The topological polar surface area (TPSA) is 153 Å². The molecule has 10 heteroatoms. The summed E-state index contributed by atoms with van der Waals surface area (Å²) in [6, 6.07) is -1.29. The number of nitrogens with two attached hydrogens (primary N) is 2. The normalized spacial score (nSPS) is 11.9. The minimum atomic E-state index is -1.31. The minimum absolute atomic E-state index is 0.320. The standard InChI is InChI=1S/C8H10FN5O4/c9-3-2-14(8(18)12-6(3)16)5(15)1-4(10)7(17)13-11/h2,4H,1,10-11H2,(H,13,17)(H,12,16,18). The van der Waals surface area contributed by atoms with Gasteiger partial charge in [-0.3, -0.25) is 24.8 Å². The summed E-state index contributed by atoms with van der Waals surface area (Å²) in [5, 5.41) is 0. The maximum absolute atomic E-state index is 12.9. The molecule has 0 aliphatic rings. The number of hydrazine groups is 1. The first-order valence-electron chi connectivity index (χ1n) is 4.67. The Bertz CT molecular complexity index is 592. The van der Waals surface area contributed by atoms with Crippen LogP contribution in [0.25, 0.3) is 0 Å². The predicted molar refractivity (Wildman–Crippen MR) is 56.8 cm³/mol. The number of aromatic amines is 1. The molecule has 1 amide bonds. The molecular formula is C8H10FN5O4. The van der Waals surface area contributed by atoms with Crippen molar-refractivity contribution in [1.82, 2.24) is 15.0 Å². The highest BCUT2D eigenvalue weighted by molar-refractivity contribution is 5.88. The molecule has 1 rings (SSSR count). The molecule has 18 heavy (non-hydrogen) atoms. The summed E-state index contributed by atoms with van der Waals surface area (Å²) in [5.74, 6) is 1.72. The lowest BCUT2D eigenvalue weighted by Crippen LogP contribution is -2.46. The summed E-state index contributed by atoms with van der Waals surface area (Å²) in [7, 11) is 0. The van der Waals surface area contributed by atoms with Crippen LogP contribution in [0.1, 0.15) is 11.2 Å². The van der Waals surface area contributed by atoms with Crippen molar-refractivity contribution in [3.05, 3.63) is 32.9 Å². The maximum Gasteiger partial charge on any atom is 0.335 e. The van der Waals surface area contributed by atoms with Crippen LogP contribution in [0.3, 0.4) is 0 Å². The Morgan fingerprint density at radius 2 is 2.11 bits per heavy atom. The highest BCUT2D eigenvalue weighted by Crippen LogP contribution is 1.93. The molecule has 0 spiro atoms. The Kier molecular flexibility index (Phi) is 4.07. The summed E-state index contributed by atoms with van der Waals surface area (Å²) in [4.78, 5) is 46.0. The van der Waals surface area contributed by atoms with Gasteiger partial charge in [-0.2, -0.15) is 4.39 Å². The summed E-state index contributed by atoms with van der Waals surface area (Å²) < 4.78 is 13.2. The van der Waals surface area contributed by atoms with Gasteiger partial charge in [-0.25, -0.2) is 15.2 Å². The molecule has 0 bridgehead atoms. The van der Waals surface area contributed by atoms with Crippen LogP contribution in [-0.2, 0) is 4.79 Å². The van der Waals surface area contributed by atoms with E-state index in [-0.39, 0.29) is 0 Å². The Hall–Kier alpha value is -2.33. The molecule has 1 aromatic rings. The van der Waals surface area contributed by atoms with Gasteiger partial charge in [0.25, 0.3) is 11.5 Å². The number of carbonyl (C=O) groups is 2. The monoisotopic (exact) mass is 259 g/mol. The molecular weight excluding hydrogens is 249 g/mol. The van der Waals surface area contributed by atoms with Gasteiger partial charge in [-0.1, -0.05) is 0 Å². The van der Waals surface area contributed by atoms with Gasteiger partial charge in [-0.15, -0.1) is 0 Å². The molecule has 1 atom stereocenters. The van der Waals surface area contributed by atoms with Crippen molar-refractivity contribution in [3.63, 3.8) is 0 Å². The predicted octanol–water partition coefficient (Wildman–Crippen LogP) is -2.98. The van der Waals surface area contributed by atoms with Crippen molar-refractivity contribution in [2.45, 2.75) is 12.5 Å². The van der Waals surface area contributed by atoms with Crippen LogP contribution in [0.2, 0.25) is 0 Å². The smallest absolute Gasteiger partial charge is 0.319 e. The third kappa shape index (κ3) is 2.87. The zero-order chi connectivity index (χ0) is 13.9. The van der Waals surface area contributed by atoms with Crippen molar-refractivity contribution in [3.8, 4) is 0 Å². The third-order valence-electron chi connectivity index (χ3n) is 2.04. The second kappa shape index (κ2) is 5.33. The van der Waals surface area contributed by atoms with Gasteiger partial charge in [-0.05, 0) is 0 Å². The van der Waals surface area contributed by atoms with Crippen molar-refractivity contribution in [2.24, 2.45) is 11.6 Å². The number of aromatic nitrogens is 2. The number of carbonyl (C=O) groups excluding carboxylic acids is 2. The maximum atomic E-state index is 12.9. The summed E-state index contributed by atoms with van der Waals surface area (Å²) in [5.41, 5.74) is 4.65. The number of H-pyrrole nitrogens is 1. The zero-order valence-corrected chi connectivity index (χ0v) is 8.97. The SMILES string of the molecule is NNC(=O)C(N)CC(=O)n1cc(F)c(=O)[nH]c1=O. The van der Waals surface area contributed by atoms with Gasteiger partial charge in [0.1, 0.15) is 0 Å². The van der Waals surface area contributed by atoms with E-state index in [2.05, 4.69) is 0 Å². The lowest BCUT2D eigenvalue weighted by Gasteiger charge is -2.09. The van der Waals surface area contributed by atoms with Crippen LogP contribution in [0.15, 0.2) is 15.8 Å². The summed E-state index contributed by atoms with van der Waals surface area (Å²) >= 11 is 0. The number of nitrogens with one attached hydrogen (secondary N) is 2. The van der Waals surface area contributed by atoms with E-state index >= 15 is 0 Å². The molecule has 9 nitrogen and oxygen atoms in total. The average Bonchev–Trinajstić information content (AvgIpc) is 2.32. The molecule has 98 valence electrons. The van der Waals surface area contributed by atoms with Crippen LogP contribution in [-0.4, -0.2) is 27.4 Å². The Balaban J connectivity index is 2.99. The van der Waals surface area contributed by atoms with E-state index in [0.717, 1.165) is 0 Å². The van der Waals surface area contributed by atoms with Crippen molar-refractivity contribution in [2.75, 3.05) is 0 Å². The molecule has 0 aliphatic carbocycles. The van der Waals surface area contributed by atoms with Gasteiger partial charge in [0, 0.05) is 0 Å². The van der Waals surface area contributed by atoms with Crippen LogP contribution >= 0.6 is 0 Å². The Morgan fingerprint density at radius 3 is 2.67 bits per heavy atom. The lowest BCUT2D eigenvalue weighted by atomic mass is 10.2. The third-order valence-corrected chi connectivity index (χ3v) is 2.04. The summed E-state index contributed by atoms with van der Waals surface area (Å²) in [6.45, 7) is 0. The first-order chi connectivity index (χ1) is 8.36. The minimum Gasteiger partial charge on any atom is -0.319 e. The number of rotatable bonds is 3. The van der Waals surface area contributed by atoms with E-state index in [1.807, 2.05) is 0 Å². The largest absolute Gasteiger partial charge is 0.335 e. The second-order valence-electron chi connectivity index (χ2n) is 3.32. The molecule has 1 unspecified atom stereocenters. The van der Waals surface area contributed by atoms with Gasteiger partial charge in [0.05, 0.1) is 18.7 Å². The van der Waals surface area contributed by atoms with Crippen molar-refractivity contribution in [1.29, 1.82) is 0 Å². The van der Waals surface area contributed by atoms with Crippen LogP contribution in [0, 0.1) is 5.82 Å². The number of amides is 1. The number of nitrogens with zero attached hydrogens (tertiary/aromatic N) is 1. The number of hydrogen-bond acceptors (Lipinski definition) is 6. The zero-order valence-electron chi connectivity index (χ0n) is 8.97. The van der Waals surface area contributed by atoms with Crippen molar-refractivity contribution < 1.29 is 14.0 Å². The van der Waals surface area contributed by atoms with Crippen LogP contribution in [0.5, 0.6) is 0 Å². The van der Waals surface area contributed by atoms with Gasteiger partial charge in [0.15, 0.2) is 0 Å². The molecule has 1 aromatic heterocycles. The first-order valence-corrected chi connectivity index (χ1v) is 4.67. The fraction of sp³-hybridized carbons (Fsp3) is 0.250. The van der Waals surface area contributed by atoms with E-state index in [1.54, 1.807) is 10.4 Å². The average molecular weight is 259 g/mol. The Labute approximate surface area is 98.6 Å². The van der Waals surface area contributed by atoms with E-state index in [4.69, 9.17) is 11.6 Å². The van der Waals surface area contributed by atoms with Crippen LogP contribution < -0.4 is 28.3 Å².